The zero-order valence-electron chi connectivity index (χ0n) is 17.3. The van der Waals surface area contributed by atoms with Crippen LogP contribution in [0.2, 0.25) is 0 Å². The zero-order valence-corrected chi connectivity index (χ0v) is 17.3. The molecule has 7 heteroatoms. The predicted octanol–water partition coefficient (Wildman–Crippen LogP) is 4.34. The highest BCUT2D eigenvalue weighted by Gasteiger charge is 2.16. The lowest BCUT2D eigenvalue weighted by Crippen LogP contribution is -2.36. The summed E-state index contributed by atoms with van der Waals surface area (Å²) in [7, 11) is 0. The van der Waals surface area contributed by atoms with Crippen LogP contribution in [0.5, 0.6) is 0 Å². The van der Waals surface area contributed by atoms with Crippen molar-refractivity contribution in [3.05, 3.63) is 67.0 Å². The Bertz CT molecular complexity index is 1240. The first-order valence-corrected chi connectivity index (χ1v) is 10.3. The third-order valence-electron chi connectivity index (χ3n) is 5.49. The molecule has 156 valence electrons. The van der Waals surface area contributed by atoms with E-state index in [4.69, 9.17) is 9.72 Å². The molecule has 0 saturated carbocycles. The molecule has 1 fully saturated rings. The number of ether oxygens (including phenoxy) is 1. The first kappa shape index (κ1) is 19.3. The number of anilines is 3. The van der Waals surface area contributed by atoms with Gasteiger partial charge in [-0.2, -0.15) is 0 Å². The first-order valence-electron chi connectivity index (χ1n) is 10.3. The number of aromatic nitrogens is 3. The lowest BCUT2D eigenvalue weighted by atomic mass is 10.1. The Balaban J connectivity index is 1.51. The summed E-state index contributed by atoms with van der Waals surface area (Å²) < 4.78 is 7.15. The Morgan fingerprint density at radius 2 is 1.81 bits per heavy atom. The number of para-hydroxylation sites is 3. The van der Waals surface area contributed by atoms with E-state index >= 15 is 0 Å². The van der Waals surface area contributed by atoms with Crippen molar-refractivity contribution in [3.63, 3.8) is 0 Å². The normalized spacial score (nSPS) is 14.0. The summed E-state index contributed by atoms with van der Waals surface area (Å²) in [5, 5.41) is 4.36. The molecule has 5 rings (SSSR count). The van der Waals surface area contributed by atoms with Gasteiger partial charge in [-0.25, -0.2) is 9.97 Å². The molecule has 0 atom stereocenters. The Morgan fingerprint density at radius 1 is 1.03 bits per heavy atom. The Kier molecular flexibility index (Phi) is 5.09. The average molecular weight is 413 g/mol. The van der Waals surface area contributed by atoms with E-state index in [0.29, 0.717) is 5.95 Å². The van der Waals surface area contributed by atoms with Gasteiger partial charge < -0.3 is 15.0 Å². The molecule has 0 amide bonds. The molecule has 3 heterocycles. The quantitative estimate of drug-likeness (QED) is 0.537. The third-order valence-corrected chi connectivity index (χ3v) is 5.49. The van der Waals surface area contributed by atoms with Crippen molar-refractivity contribution >= 4 is 34.1 Å². The molecule has 2 aromatic carbocycles. The van der Waals surface area contributed by atoms with E-state index in [2.05, 4.69) is 21.3 Å². The van der Waals surface area contributed by atoms with Crippen molar-refractivity contribution in [3.8, 4) is 11.3 Å². The number of nitrogens with zero attached hydrogens (tertiary/aromatic N) is 4. The topological polar surface area (TPSA) is 72.3 Å². The van der Waals surface area contributed by atoms with E-state index in [1.165, 1.54) is 0 Å². The maximum atomic E-state index is 12.1. The van der Waals surface area contributed by atoms with Gasteiger partial charge in [-0.3, -0.25) is 9.36 Å². The van der Waals surface area contributed by atoms with Gasteiger partial charge in [0.25, 0.3) is 0 Å². The van der Waals surface area contributed by atoms with Crippen LogP contribution in [-0.2, 0) is 4.74 Å². The molecule has 0 bridgehead atoms. The van der Waals surface area contributed by atoms with Crippen LogP contribution in [0.4, 0.5) is 17.3 Å². The zero-order chi connectivity index (χ0) is 21.2. The highest BCUT2D eigenvalue weighted by molar-refractivity contribution is 6.00. The van der Waals surface area contributed by atoms with Gasteiger partial charge in [-0.05, 0) is 24.3 Å². The first-order chi connectivity index (χ1) is 15.2. The summed E-state index contributed by atoms with van der Waals surface area (Å²) in [6, 6.07) is 17.9. The minimum atomic E-state index is -0.0331. The number of hydrogen-bond donors (Lipinski definition) is 1. The van der Waals surface area contributed by atoms with Gasteiger partial charge >= 0.3 is 0 Å². The molecule has 4 aromatic rings. The molecular weight excluding hydrogens is 390 g/mol. The van der Waals surface area contributed by atoms with Crippen LogP contribution in [-0.4, -0.2) is 46.7 Å². The molecule has 0 radical (unpaired) electrons. The smallest absolute Gasteiger partial charge is 0.227 e. The predicted molar refractivity (Wildman–Crippen MR) is 122 cm³/mol. The van der Waals surface area contributed by atoms with Gasteiger partial charge in [-0.15, -0.1) is 0 Å². The second-order valence-corrected chi connectivity index (χ2v) is 7.46. The van der Waals surface area contributed by atoms with Crippen molar-refractivity contribution in [1.82, 2.24) is 14.5 Å². The summed E-state index contributed by atoms with van der Waals surface area (Å²) in [6.45, 7) is 4.71. The van der Waals surface area contributed by atoms with E-state index in [-0.39, 0.29) is 5.91 Å². The Labute approximate surface area is 180 Å². The maximum Gasteiger partial charge on any atom is 0.227 e. The van der Waals surface area contributed by atoms with Gasteiger partial charge in [-0.1, -0.05) is 30.3 Å². The van der Waals surface area contributed by atoms with Gasteiger partial charge in [0.05, 0.1) is 35.8 Å². The summed E-state index contributed by atoms with van der Waals surface area (Å²) in [6.07, 6.45) is 3.59. The van der Waals surface area contributed by atoms with E-state index in [0.717, 1.165) is 59.8 Å². The van der Waals surface area contributed by atoms with Gasteiger partial charge in [0.15, 0.2) is 0 Å². The molecule has 0 aliphatic carbocycles. The summed E-state index contributed by atoms with van der Waals surface area (Å²) in [4.78, 5) is 23.6. The van der Waals surface area contributed by atoms with Crippen LogP contribution in [0.25, 0.3) is 22.2 Å². The molecule has 31 heavy (non-hydrogen) atoms. The molecule has 1 aliphatic rings. The summed E-state index contributed by atoms with van der Waals surface area (Å²) in [5.74, 6) is 0.479. The fourth-order valence-electron chi connectivity index (χ4n) is 3.99. The van der Waals surface area contributed by atoms with Crippen molar-refractivity contribution in [2.24, 2.45) is 0 Å². The fourth-order valence-corrected chi connectivity index (χ4v) is 3.99. The number of carbonyl (C=O) groups excluding carboxylic acids is 1. The number of morpholine rings is 1. The number of benzene rings is 2. The Hall–Kier alpha value is -3.71. The molecular formula is C24H23N5O2. The summed E-state index contributed by atoms with van der Waals surface area (Å²) >= 11 is 0. The van der Waals surface area contributed by atoms with Crippen molar-refractivity contribution in [2.75, 3.05) is 36.5 Å². The molecule has 1 saturated heterocycles. The molecule has 2 aromatic heterocycles. The Morgan fingerprint density at radius 3 is 2.65 bits per heavy atom. The van der Waals surface area contributed by atoms with E-state index < -0.39 is 0 Å². The minimum Gasteiger partial charge on any atom is -0.378 e. The van der Waals surface area contributed by atoms with Crippen LogP contribution >= 0.6 is 0 Å². The van der Waals surface area contributed by atoms with Crippen LogP contribution in [0, 0.1) is 0 Å². The fraction of sp³-hybridized carbons (Fsp3) is 0.208. The highest BCUT2D eigenvalue weighted by Crippen LogP contribution is 2.31. The van der Waals surface area contributed by atoms with Gasteiger partial charge in [0.1, 0.15) is 0 Å². The second-order valence-electron chi connectivity index (χ2n) is 7.46. The highest BCUT2D eigenvalue weighted by atomic mass is 16.5. The standard InChI is InChI=1S/C24H23N5O2/c1-17(30)29-16-19(18-6-2-4-8-22(18)29)20-10-11-25-24(26-20)27-21-7-3-5-9-23(21)28-12-14-31-15-13-28/h2-11,16H,12-15H2,1H3,(H,25,26,27). The number of carbonyl (C=O) groups is 1. The van der Waals surface area contributed by atoms with E-state index in [9.17, 15) is 4.79 Å². The average Bonchev–Trinajstić information content (AvgIpc) is 3.20. The minimum absolute atomic E-state index is 0.0331. The van der Waals surface area contributed by atoms with Crippen LogP contribution in [0.3, 0.4) is 0 Å². The molecule has 1 N–H and O–H groups in total. The van der Waals surface area contributed by atoms with Crippen molar-refractivity contribution < 1.29 is 9.53 Å². The SMILES string of the molecule is CC(=O)n1cc(-c2ccnc(Nc3ccccc3N3CCOCC3)n2)c2ccccc21. The lowest BCUT2D eigenvalue weighted by molar-refractivity contribution is 0.0941. The summed E-state index contributed by atoms with van der Waals surface area (Å²) in [5.41, 5.74) is 4.59. The van der Waals surface area contributed by atoms with Gasteiger partial charge in [0, 0.05) is 43.4 Å². The van der Waals surface area contributed by atoms with E-state index in [1.807, 2.05) is 54.7 Å². The second kappa shape index (κ2) is 8.20. The van der Waals surface area contributed by atoms with Gasteiger partial charge in [0.2, 0.25) is 11.9 Å². The molecule has 0 unspecified atom stereocenters. The van der Waals surface area contributed by atoms with Crippen LogP contribution in [0.1, 0.15) is 11.7 Å². The monoisotopic (exact) mass is 413 g/mol. The molecule has 7 nitrogen and oxygen atoms in total. The van der Waals surface area contributed by atoms with Crippen LogP contribution < -0.4 is 10.2 Å². The van der Waals surface area contributed by atoms with E-state index in [1.54, 1.807) is 17.7 Å². The number of rotatable bonds is 4. The third kappa shape index (κ3) is 3.75. The number of fused-ring (bicyclic) bond motifs is 1. The van der Waals surface area contributed by atoms with Crippen molar-refractivity contribution in [1.29, 1.82) is 0 Å². The molecule has 1 aliphatic heterocycles. The largest absolute Gasteiger partial charge is 0.378 e. The van der Waals surface area contributed by atoms with Crippen LogP contribution in [0.15, 0.2) is 67.0 Å². The molecule has 0 spiro atoms. The lowest BCUT2D eigenvalue weighted by Gasteiger charge is -2.30. The number of nitrogens with one attached hydrogen (secondary N) is 1. The number of hydrogen-bond acceptors (Lipinski definition) is 6. The maximum absolute atomic E-state index is 12.1. The van der Waals surface area contributed by atoms with Crippen molar-refractivity contribution in [2.45, 2.75) is 6.92 Å².